The van der Waals surface area contributed by atoms with Crippen molar-refractivity contribution in [3.8, 4) is 0 Å². The number of aromatic amines is 1. The quantitative estimate of drug-likeness (QED) is 0.439. The summed E-state index contributed by atoms with van der Waals surface area (Å²) in [5.74, 6) is 0. The average Bonchev–Trinajstić information content (AvgIpc) is 3.09. The van der Waals surface area contributed by atoms with Gasteiger partial charge in [0.1, 0.15) is 0 Å². The molecule has 1 N–H and O–H groups in total. The third-order valence-electron chi connectivity index (χ3n) is 3.91. The van der Waals surface area contributed by atoms with Gasteiger partial charge in [0.2, 0.25) is 0 Å². The highest BCUT2D eigenvalue weighted by molar-refractivity contribution is 9.10. The first-order valence-electron chi connectivity index (χ1n) is 8.05. The zero-order valence-corrected chi connectivity index (χ0v) is 17.9. The van der Waals surface area contributed by atoms with Gasteiger partial charge in [0.05, 0.1) is 14.6 Å². The topological polar surface area (TPSA) is 55.7 Å². The van der Waals surface area contributed by atoms with Crippen molar-refractivity contribution in [1.82, 2.24) is 20.0 Å². The van der Waals surface area contributed by atoms with E-state index in [-0.39, 0.29) is 15.2 Å². The van der Waals surface area contributed by atoms with Gasteiger partial charge in [-0.25, -0.2) is 4.68 Å². The van der Waals surface area contributed by atoms with Crippen molar-refractivity contribution < 1.29 is 31.1 Å². The number of hydrogen-bond acceptors (Lipinski definition) is 3. The Morgan fingerprint density at radius 2 is 1.61 bits per heavy atom. The molecule has 0 aromatic carbocycles. The van der Waals surface area contributed by atoms with Crippen LogP contribution in [0.2, 0.25) is 0 Å². The Balaban J connectivity index is 0.000000221. The third kappa shape index (κ3) is 5.29. The van der Waals surface area contributed by atoms with Crippen LogP contribution >= 0.6 is 31.9 Å². The number of alkyl halides is 6. The Kier molecular flexibility index (Phi) is 7.24. The summed E-state index contributed by atoms with van der Waals surface area (Å²) >= 11 is 5.72. The maximum Gasteiger partial charge on any atom is 0.436 e. The largest absolute Gasteiger partial charge is 0.436 e. The average molecular weight is 542 g/mol. The summed E-state index contributed by atoms with van der Waals surface area (Å²) in [6, 6.07) is 0. The van der Waals surface area contributed by atoms with Crippen molar-refractivity contribution in [2.45, 2.75) is 51.7 Å². The van der Waals surface area contributed by atoms with E-state index in [0.29, 0.717) is 24.4 Å². The molecule has 0 bridgehead atoms. The summed E-state index contributed by atoms with van der Waals surface area (Å²) in [5.41, 5.74) is -0.972. The number of nitrogens with one attached hydrogen (secondary N) is 1. The molecule has 5 nitrogen and oxygen atoms in total. The molecule has 2 aromatic heterocycles. The lowest BCUT2D eigenvalue weighted by Gasteiger charge is -2.23. The fourth-order valence-electron chi connectivity index (χ4n) is 2.48. The van der Waals surface area contributed by atoms with Crippen molar-refractivity contribution in [1.29, 1.82) is 0 Å². The van der Waals surface area contributed by atoms with Gasteiger partial charge in [0.25, 0.3) is 0 Å². The number of rotatable bonds is 1. The molecule has 1 saturated heterocycles. The summed E-state index contributed by atoms with van der Waals surface area (Å²) in [6.45, 7) is 3.68. The van der Waals surface area contributed by atoms with Crippen LogP contribution in [0, 0.1) is 13.8 Å². The summed E-state index contributed by atoms with van der Waals surface area (Å²) in [4.78, 5) is 0. The number of halogens is 8. The molecular weight excluding hydrogens is 526 g/mol. The molecule has 1 aliphatic rings. The van der Waals surface area contributed by atoms with Gasteiger partial charge < -0.3 is 4.74 Å². The van der Waals surface area contributed by atoms with Gasteiger partial charge in [0.15, 0.2) is 17.6 Å². The smallest absolute Gasteiger partial charge is 0.357 e. The van der Waals surface area contributed by atoms with Crippen molar-refractivity contribution in [3.63, 3.8) is 0 Å². The first kappa shape index (κ1) is 23.2. The van der Waals surface area contributed by atoms with E-state index in [1.54, 1.807) is 6.92 Å². The minimum Gasteiger partial charge on any atom is -0.357 e. The number of aromatic nitrogens is 4. The van der Waals surface area contributed by atoms with Crippen molar-refractivity contribution in [3.05, 3.63) is 31.7 Å². The molecule has 0 saturated carbocycles. The SMILES string of the molecule is Cc1[nH]nc(C(F)(F)F)c1Br.Cc1c(Br)c(C(F)(F)F)nn1C1CCCCO1. The molecule has 158 valence electrons. The summed E-state index contributed by atoms with van der Waals surface area (Å²) in [6.07, 6.45) is -6.61. The summed E-state index contributed by atoms with van der Waals surface area (Å²) < 4.78 is 80.6. The number of aryl methyl sites for hydroxylation is 1. The second-order valence-corrected chi connectivity index (χ2v) is 7.61. The Hall–Kier alpha value is -1.08. The summed E-state index contributed by atoms with van der Waals surface area (Å²) in [5, 5.41) is 8.94. The monoisotopic (exact) mass is 540 g/mol. The van der Waals surface area contributed by atoms with Gasteiger partial charge in [-0.2, -0.15) is 36.5 Å². The van der Waals surface area contributed by atoms with Crippen LogP contribution in [0.25, 0.3) is 0 Å². The van der Waals surface area contributed by atoms with E-state index < -0.39 is 23.7 Å². The molecule has 0 radical (unpaired) electrons. The minimum atomic E-state index is -4.44. The first-order valence-corrected chi connectivity index (χ1v) is 9.63. The molecule has 1 atom stereocenters. The van der Waals surface area contributed by atoms with Gasteiger partial charge in [-0.05, 0) is 65.0 Å². The molecule has 1 fully saturated rings. The molecular formula is C15H16Br2F6N4O. The van der Waals surface area contributed by atoms with Crippen LogP contribution in [0.3, 0.4) is 0 Å². The molecule has 28 heavy (non-hydrogen) atoms. The Bertz CT molecular complexity index is 809. The number of nitrogens with zero attached hydrogens (tertiary/aromatic N) is 3. The maximum absolute atomic E-state index is 12.7. The van der Waals surface area contributed by atoms with Crippen LogP contribution in [0.15, 0.2) is 8.95 Å². The highest BCUT2D eigenvalue weighted by atomic mass is 79.9. The minimum absolute atomic E-state index is 0.000765. The normalized spacial score (nSPS) is 18.0. The highest BCUT2D eigenvalue weighted by Gasteiger charge is 2.39. The molecule has 3 heterocycles. The fourth-order valence-corrected chi connectivity index (χ4v) is 3.37. The lowest BCUT2D eigenvalue weighted by Crippen LogP contribution is -2.20. The predicted octanol–water partition coefficient (Wildman–Crippen LogP) is 6.17. The van der Waals surface area contributed by atoms with Crippen LogP contribution in [-0.4, -0.2) is 26.6 Å². The van der Waals surface area contributed by atoms with Crippen molar-refractivity contribution >= 4 is 31.9 Å². The molecule has 0 aliphatic carbocycles. The van der Waals surface area contributed by atoms with Crippen LogP contribution in [0.1, 0.15) is 48.3 Å². The molecule has 1 aliphatic heterocycles. The maximum atomic E-state index is 12.7. The Morgan fingerprint density at radius 3 is 1.96 bits per heavy atom. The van der Waals surface area contributed by atoms with E-state index in [2.05, 4.69) is 47.2 Å². The van der Waals surface area contributed by atoms with Gasteiger partial charge >= 0.3 is 12.4 Å². The first-order chi connectivity index (χ1) is 12.8. The third-order valence-corrected chi connectivity index (χ3v) is 5.83. The van der Waals surface area contributed by atoms with Crippen LogP contribution in [-0.2, 0) is 17.1 Å². The van der Waals surface area contributed by atoms with Crippen LogP contribution in [0.4, 0.5) is 26.3 Å². The Morgan fingerprint density at radius 1 is 1.00 bits per heavy atom. The zero-order chi connectivity index (χ0) is 21.3. The van der Waals surface area contributed by atoms with E-state index in [0.717, 1.165) is 12.8 Å². The molecule has 3 rings (SSSR count). The molecule has 0 amide bonds. The number of H-pyrrole nitrogens is 1. The van der Waals surface area contributed by atoms with E-state index in [4.69, 9.17) is 4.74 Å². The van der Waals surface area contributed by atoms with Crippen molar-refractivity contribution in [2.24, 2.45) is 0 Å². The van der Waals surface area contributed by atoms with Gasteiger partial charge in [-0.3, -0.25) is 5.10 Å². The molecule has 2 aromatic rings. The number of hydrogen-bond donors (Lipinski definition) is 1. The van der Waals surface area contributed by atoms with Gasteiger partial charge in [-0.15, -0.1) is 0 Å². The summed E-state index contributed by atoms with van der Waals surface area (Å²) in [7, 11) is 0. The van der Waals surface area contributed by atoms with Gasteiger partial charge in [0, 0.05) is 12.3 Å². The zero-order valence-electron chi connectivity index (χ0n) is 14.7. The molecule has 13 heteroatoms. The van der Waals surface area contributed by atoms with E-state index >= 15 is 0 Å². The van der Waals surface area contributed by atoms with E-state index in [1.165, 1.54) is 11.6 Å². The van der Waals surface area contributed by atoms with Gasteiger partial charge in [-0.1, -0.05) is 0 Å². The fraction of sp³-hybridized carbons (Fsp3) is 0.600. The van der Waals surface area contributed by atoms with Crippen molar-refractivity contribution in [2.75, 3.05) is 6.61 Å². The standard InChI is InChI=1S/C10H12BrF3N2O.C5H4BrF3N2/c1-6-8(11)9(10(12,13)14)15-16(6)7-4-2-3-5-17-7;1-2-3(6)4(11-10-2)5(7,8)9/h7H,2-5H2,1H3;1H3,(H,10,11). The van der Waals surface area contributed by atoms with E-state index in [9.17, 15) is 26.3 Å². The lowest BCUT2D eigenvalue weighted by atomic mass is 10.2. The predicted molar refractivity (Wildman–Crippen MR) is 94.5 cm³/mol. The highest BCUT2D eigenvalue weighted by Crippen LogP contribution is 2.37. The molecule has 1 unspecified atom stereocenters. The number of ether oxygens (including phenoxy) is 1. The molecule has 0 spiro atoms. The lowest BCUT2D eigenvalue weighted by molar-refractivity contribution is -0.143. The van der Waals surface area contributed by atoms with Crippen LogP contribution in [0.5, 0.6) is 0 Å². The second kappa shape index (κ2) is 8.74. The van der Waals surface area contributed by atoms with E-state index in [1.807, 2.05) is 0 Å². The second-order valence-electron chi connectivity index (χ2n) is 6.02. The Labute approximate surface area is 173 Å². The van der Waals surface area contributed by atoms with Crippen LogP contribution < -0.4 is 0 Å².